The van der Waals surface area contributed by atoms with Gasteiger partial charge in [0.25, 0.3) is 5.91 Å². The average Bonchev–Trinajstić information content (AvgIpc) is 3.20. The Morgan fingerprint density at radius 2 is 1.83 bits per heavy atom. The molecule has 0 spiro atoms. The molecule has 0 aliphatic carbocycles. The van der Waals surface area contributed by atoms with Crippen LogP contribution < -0.4 is 4.90 Å². The Bertz CT molecular complexity index is 1120. The first-order valence-corrected chi connectivity index (χ1v) is 10.4. The smallest absolute Gasteiger partial charge is 0.264 e. The highest BCUT2D eigenvalue weighted by molar-refractivity contribution is 7.14. The normalized spacial score (nSPS) is 18.2. The van der Waals surface area contributed by atoms with Gasteiger partial charge in [0.15, 0.2) is 11.4 Å². The van der Waals surface area contributed by atoms with Crippen molar-refractivity contribution >= 4 is 28.7 Å². The second kappa shape index (κ2) is 7.25. The van der Waals surface area contributed by atoms with E-state index in [9.17, 15) is 14.7 Å². The van der Waals surface area contributed by atoms with Gasteiger partial charge in [-0.05, 0) is 50.1 Å². The maximum Gasteiger partial charge on any atom is 0.264 e. The molecular weight excluding hydrogens is 382 g/mol. The molecule has 0 saturated carbocycles. The average molecular weight is 406 g/mol. The lowest BCUT2D eigenvalue weighted by atomic mass is 9.89. The Morgan fingerprint density at radius 1 is 1.07 bits per heavy atom. The maximum atomic E-state index is 13.4. The lowest BCUT2D eigenvalue weighted by molar-refractivity contribution is -0.136. The van der Waals surface area contributed by atoms with Crippen LogP contribution in [0.15, 0.2) is 54.6 Å². The Hall–Kier alpha value is -2.76. The molecule has 0 bridgehead atoms. The summed E-state index contributed by atoms with van der Waals surface area (Å²) >= 11 is 1.38. The summed E-state index contributed by atoms with van der Waals surface area (Å²) < 4.78 is 0. The highest BCUT2D eigenvalue weighted by Gasteiger charge is 2.50. The van der Waals surface area contributed by atoms with Gasteiger partial charge in [-0.3, -0.25) is 9.59 Å². The van der Waals surface area contributed by atoms with Crippen LogP contribution >= 0.6 is 11.3 Å². The molecule has 29 heavy (non-hydrogen) atoms. The second-order valence-corrected chi connectivity index (χ2v) is 9.00. The van der Waals surface area contributed by atoms with Gasteiger partial charge in [-0.1, -0.05) is 42.0 Å². The van der Waals surface area contributed by atoms with Crippen LogP contribution in [0.1, 0.15) is 43.2 Å². The molecule has 4 rings (SSSR count). The van der Waals surface area contributed by atoms with Crippen molar-refractivity contribution in [3.05, 3.63) is 86.6 Å². The number of Topliss-reactive ketones (excluding diaryl/α,β-unsaturated/α-hetero) is 1. The molecule has 1 N–H and O–H groups in total. The molecule has 0 unspecified atom stereocenters. The second-order valence-electron chi connectivity index (χ2n) is 7.71. The molecule has 2 heterocycles. The standard InChI is InChI=1S/C24H23NO3S/c1-15-8-10-18(16(2)12-15)14-25-20-7-5-4-6-19(20)24(28,23(25)27)13-21(26)22-11-9-17(3)29-22/h4-12,28H,13-14H2,1-3H3/t24-/m1/s1. The van der Waals surface area contributed by atoms with Gasteiger partial charge in [0.2, 0.25) is 0 Å². The number of aryl methyl sites for hydroxylation is 3. The number of para-hydroxylation sites is 1. The summed E-state index contributed by atoms with van der Waals surface area (Å²) in [6.45, 7) is 6.34. The summed E-state index contributed by atoms with van der Waals surface area (Å²) in [6.07, 6.45) is -0.258. The highest BCUT2D eigenvalue weighted by Crippen LogP contribution is 2.44. The lowest BCUT2D eigenvalue weighted by Gasteiger charge is -2.23. The number of carbonyl (C=O) groups is 2. The van der Waals surface area contributed by atoms with Gasteiger partial charge in [-0.2, -0.15) is 0 Å². The quantitative estimate of drug-likeness (QED) is 0.627. The molecule has 1 aliphatic heterocycles. The van der Waals surface area contributed by atoms with E-state index >= 15 is 0 Å². The van der Waals surface area contributed by atoms with Crippen molar-refractivity contribution in [3.8, 4) is 0 Å². The largest absolute Gasteiger partial charge is 0.375 e. The summed E-state index contributed by atoms with van der Waals surface area (Å²) in [5, 5.41) is 11.4. The predicted octanol–water partition coefficient (Wildman–Crippen LogP) is 4.68. The Morgan fingerprint density at radius 3 is 2.52 bits per heavy atom. The molecule has 0 fully saturated rings. The molecule has 0 radical (unpaired) electrons. The van der Waals surface area contributed by atoms with Crippen LogP contribution in [0.5, 0.6) is 0 Å². The van der Waals surface area contributed by atoms with Crippen LogP contribution in [0.4, 0.5) is 5.69 Å². The summed E-state index contributed by atoms with van der Waals surface area (Å²) in [5.74, 6) is -0.664. The zero-order valence-corrected chi connectivity index (χ0v) is 17.5. The fraction of sp³-hybridized carbons (Fsp3) is 0.250. The van der Waals surface area contributed by atoms with Crippen molar-refractivity contribution < 1.29 is 14.7 Å². The number of benzene rings is 2. The third kappa shape index (κ3) is 3.41. The number of carbonyl (C=O) groups excluding carboxylic acids is 2. The molecule has 1 amide bonds. The lowest BCUT2D eigenvalue weighted by Crippen LogP contribution is -2.41. The predicted molar refractivity (Wildman–Crippen MR) is 115 cm³/mol. The highest BCUT2D eigenvalue weighted by atomic mass is 32.1. The Kier molecular flexibility index (Phi) is 4.89. The van der Waals surface area contributed by atoms with E-state index in [0.717, 1.165) is 21.6 Å². The molecule has 5 heteroatoms. The third-order valence-corrected chi connectivity index (χ3v) is 6.54. The van der Waals surface area contributed by atoms with E-state index in [4.69, 9.17) is 0 Å². The fourth-order valence-electron chi connectivity index (χ4n) is 3.93. The number of hydrogen-bond donors (Lipinski definition) is 1. The number of nitrogens with zero attached hydrogens (tertiary/aromatic N) is 1. The van der Waals surface area contributed by atoms with E-state index in [2.05, 4.69) is 6.07 Å². The zero-order chi connectivity index (χ0) is 20.8. The van der Waals surface area contributed by atoms with Crippen LogP contribution in [0.25, 0.3) is 0 Å². The number of hydrogen-bond acceptors (Lipinski definition) is 4. The van der Waals surface area contributed by atoms with Crippen LogP contribution in [-0.2, 0) is 16.9 Å². The monoisotopic (exact) mass is 405 g/mol. The van der Waals surface area contributed by atoms with E-state index in [1.165, 1.54) is 11.3 Å². The molecule has 0 saturated heterocycles. The van der Waals surface area contributed by atoms with E-state index in [1.807, 2.05) is 51.1 Å². The first-order valence-electron chi connectivity index (χ1n) is 9.59. The van der Waals surface area contributed by atoms with Crippen LogP contribution in [0.3, 0.4) is 0 Å². The summed E-state index contributed by atoms with van der Waals surface area (Å²) in [6, 6.07) is 16.9. The fourth-order valence-corrected chi connectivity index (χ4v) is 4.74. The molecule has 1 aliphatic rings. The van der Waals surface area contributed by atoms with Crippen molar-refractivity contribution in [1.29, 1.82) is 0 Å². The van der Waals surface area contributed by atoms with Crippen molar-refractivity contribution in [3.63, 3.8) is 0 Å². The first-order chi connectivity index (χ1) is 13.8. The number of aliphatic hydroxyl groups is 1. The Labute approximate surface area is 174 Å². The van der Waals surface area contributed by atoms with Gasteiger partial charge < -0.3 is 10.0 Å². The van der Waals surface area contributed by atoms with Gasteiger partial charge >= 0.3 is 0 Å². The van der Waals surface area contributed by atoms with Crippen molar-refractivity contribution in [2.24, 2.45) is 0 Å². The molecule has 1 atom stereocenters. The van der Waals surface area contributed by atoms with E-state index in [0.29, 0.717) is 22.7 Å². The van der Waals surface area contributed by atoms with Gasteiger partial charge in [0.05, 0.1) is 23.5 Å². The molecule has 148 valence electrons. The third-order valence-electron chi connectivity index (χ3n) is 5.50. The minimum absolute atomic E-state index is 0.220. The Balaban J connectivity index is 1.69. The van der Waals surface area contributed by atoms with Crippen molar-refractivity contribution in [2.75, 3.05) is 4.90 Å². The summed E-state index contributed by atoms with van der Waals surface area (Å²) in [7, 11) is 0. The van der Waals surface area contributed by atoms with Gasteiger partial charge in [0, 0.05) is 10.4 Å². The molecule has 4 nitrogen and oxygen atoms in total. The van der Waals surface area contributed by atoms with E-state index in [-0.39, 0.29) is 12.2 Å². The van der Waals surface area contributed by atoms with Crippen LogP contribution in [0.2, 0.25) is 0 Å². The molecule has 1 aromatic heterocycles. The number of rotatable bonds is 5. The van der Waals surface area contributed by atoms with Crippen LogP contribution in [-0.4, -0.2) is 16.8 Å². The number of anilines is 1. The number of thiophene rings is 1. The molecular formula is C24H23NO3S. The maximum absolute atomic E-state index is 13.4. The SMILES string of the molecule is Cc1ccc(CN2C(=O)[C@@](O)(CC(=O)c3ccc(C)s3)c3ccccc32)c(C)c1. The molecule has 3 aromatic rings. The van der Waals surface area contributed by atoms with Crippen molar-refractivity contribution in [1.82, 2.24) is 0 Å². The van der Waals surface area contributed by atoms with E-state index < -0.39 is 11.5 Å². The first kappa shape index (κ1) is 19.6. The van der Waals surface area contributed by atoms with E-state index in [1.54, 1.807) is 23.1 Å². The minimum Gasteiger partial charge on any atom is -0.375 e. The van der Waals surface area contributed by atoms with Crippen molar-refractivity contribution in [2.45, 2.75) is 39.3 Å². The topological polar surface area (TPSA) is 57.6 Å². The van der Waals surface area contributed by atoms with Gasteiger partial charge in [-0.25, -0.2) is 0 Å². The number of fused-ring (bicyclic) bond motifs is 1. The zero-order valence-electron chi connectivity index (χ0n) is 16.7. The summed E-state index contributed by atoms with van der Waals surface area (Å²) in [5.41, 5.74) is 2.59. The van der Waals surface area contributed by atoms with Crippen LogP contribution in [0, 0.1) is 20.8 Å². The summed E-state index contributed by atoms with van der Waals surface area (Å²) in [4.78, 5) is 29.4. The molecule has 2 aromatic carbocycles. The number of amides is 1. The van der Waals surface area contributed by atoms with Gasteiger partial charge in [0.1, 0.15) is 0 Å². The van der Waals surface area contributed by atoms with Gasteiger partial charge in [-0.15, -0.1) is 11.3 Å². The minimum atomic E-state index is -1.84. The number of ketones is 1.